The van der Waals surface area contributed by atoms with E-state index in [0.717, 1.165) is 12.3 Å². The number of alkyl halides is 2. The smallest absolute Gasteiger partial charge is 0.263 e. The molecule has 3 aromatic carbocycles. The van der Waals surface area contributed by atoms with E-state index in [1.165, 1.54) is 71.4 Å². The Labute approximate surface area is 240 Å². The van der Waals surface area contributed by atoms with Crippen molar-refractivity contribution >= 4 is 15.7 Å². The summed E-state index contributed by atoms with van der Waals surface area (Å²) in [4.78, 5) is 27.2. The SMILES string of the molecule is Cc1c(-c2cccc(C(F)F)c2)c(=O)c(C(=O)NCc2ccc(S(C)(=O)=O)cc2)cn1C(C)c1ccc(C#N)cc1F. The largest absolute Gasteiger partial charge is 0.348 e. The number of benzene rings is 3. The molecule has 1 N–H and O–H groups in total. The van der Waals surface area contributed by atoms with Crippen LogP contribution in [-0.2, 0) is 16.4 Å². The molecule has 0 aliphatic heterocycles. The molecule has 0 aliphatic carbocycles. The van der Waals surface area contributed by atoms with Crippen LogP contribution in [0.4, 0.5) is 13.2 Å². The summed E-state index contributed by atoms with van der Waals surface area (Å²) in [5.74, 6) is -1.43. The fraction of sp³-hybridized carbons (Fsp3) is 0.194. The van der Waals surface area contributed by atoms with Crippen LogP contribution in [-0.4, -0.2) is 25.1 Å². The van der Waals surface area contributed by atoms with Crippen LogP contribution in [0, 0.1) is 24.1 Å². The first-order chi connectivity index (χ1) is 19.8. The minimum absolute atomic E-state index is 0.00329. The zero-order valence-corrected chi connectivity index (χ0v) is 23.7. The Balaban J connectivity index is 1.81. The molecule has 0 fully saturated rings. The summed E-state index contributed by atoms with van der Waals surface area (Å²) < 4.78 is 67.0. The van der Waals surface area contributed by atoms with Gasteiger partial charge in [-0.25, -0.2) is 21.6 Å². The number of hydrogen-bond donors (Lipinski definition) is 1. The third kappa shape index (κ3) is 6.29. The van der Waals surface area contributed by atoms with E-state index < -0.39 is 39.5 Å². The average molecular weight is 594 g/mol. The van der Waals surface area contributed by atoms with Crippen molar-refractivity contribution < 1.29 is 26.4 Å². The maximum atomic E-state index is 15.0. The number of nitrogens with zero attached hydrogens (tertiary/aromatic N) is 2. The predicted octanol–water partition coefficient (Wildman–Crippen LogP) is 5.71. The number of halogens is 3. The molecule has 7 nitrogen and oxygen atoms in total. The van der Waals surface area contributed by atoms with Gasteiger partial charge in [-0.2, -0.15) is 5.26 Å². The van der Waals surface area contributed by atoms with Crippen molar-refractivity contribution in [1.82, 2.24) is 9.88 Å². The first-order valence-corrected chi connectivity index (χ1v) is 14.6. The topological polar surface area (TPSA) is 109 Å². The van der Waals surface area contributed by atoms with Crippen molar-refractivity contribution in [3.8, 4) is 17.2 Å². The minimum atomic E-state index is -3.41. The number of carbonyl (C=O) groups is 1. The average Bonchev–Trinajstić information content (AvgIpc) is 2.95. The van der Waals surface area contributed by atoms with E-state index in [-0.39, 0.29) is 44.8 Å². The third-order valence-electron chi connectivity index (χ3n) is 6.96. The van der Waals surface area contributed by atoms with Crippen molar-refractivity contribution in [2.45, 2.75) is 37.8 Å². The molecule has 1 aromatic heterocycles. The molecule has 1 amide bonds. The van der Waals surface area contributed by atoms with E-state index in [9.17, 15) is 31.2 Å². The standard InChI is InChI=1S/C31H26F3N3O4S/c1-18(25-12-9-21(15-35)13-27(25)32)37-17-26(31(39)36-16-20-7-10-24(11-8-20)42(3,40)41)29(38)28(19(37)2)22-5-4-6-23(14-22)30(33)34/h4-14,17-18,30H,16H2,1-3H3,(H,36,39). The van der Waals surface area contributed by atoms with E-state index in [1.54, 1.807) is 13.8 Å². The molecule has 1 atom stereocenters. The molecular formula is C31H26F3N3O4S. The van der Waals surface area contributed by atoms with E-state index in [4.69, 9.17) is 5.26 Å². The number of hydrogen-bond acceptors (Lipinski definition) is 5. The summed E-state index contributed by atoms with van der Waals surface area (Å²) in [6, 6.07) is 16.2. The van der Waals surface area contributed by atoms with Crippen LogP contribution in [0.15, 0.2) is 82.6 Å². The Hall–Kier alpha value is -4.69. The van der Waals surface area contributed by atoms with Crippen LogP contribution in [0.3, 0.4) is 0 Å². The zero-order chi connectivity index (χ0) is 30.8. The van der Waals surface area contributed by atoms with Gasteiger partial charge in [-0.1, -0.05) is 36.4 Å². The summed E-state index contributed by atoms with van der Waals surface area (Å²) >= 11 is 0. The Morgan fingerprint density at radius 1 is 1.07 bits per heavy atom. The van der Waals surface area contributed by atoms with Crippen LogP contribution in [0.25, 0.3) is 11.1 Å². The third-order valence-corrected chi connectivity index (χ3v) is 8.09. The van der Waals surface area contributed by atoms with Crippen molar-refractivity contribution in [1.29, 1.82) is 5.26 Å². The monoisotopic (exact) mass is 593 g/mol. The molecule has 11 heteroatoms. The van der Waals surface area contributed by atoms with Crippen LogP contribution in [0.5, 0.6) is 0 Å². The number of nitrogens with one attached hydrogen (secondary N) is 1. The summed E-state index contributed by atoms with van der Waals surface area (Å²) in [5, 5.41) is 11.7. The van der Waals surface area contributed by atoms with Gasteiger partial charge in [0.1, 0.15) is 11.4 Å². The highest BCUT2D eigenvalue weighted by molar-refractivity contribution is 7.90. The lowest BCUT2D eigenvalue weighted by molar-refractivity contribution is 0.0949. The van der Waals surface area contributed by atoms with Gasteiger partial charge in [0.2, 0.25) is 5.43 Å². The molecule has 216 valence electrons. The van der Waals surface area contributed by atoms with Crippen molar-refractivity contribution in [2.24, 2.45) is 0 Å². The highest BCUT2D eigenvalue weighted by Crippen LogP contribution is 2.30. The predicted molar refractivity (Wildman–Crippen MR) is 151 cm³/mol. The molecule has 4 rings (SSSR count). The summed E-state index contributed by atoms with van der Waals surface area (Å²) in [5.41, 5.74) is 0.0538. The molecule has 42 heavy (non-hydrogen) atoms. The molecular weight excluding hydrogens is 567 g/mol. The number of rotatable bonds is 8. The van der Waals surface area contributed by atoms with E-state index in [0.29, 0.717) is 11.3 Å². The molecule has 0 saturated heterocycles. The zero-order valence-electron chi connectivity index (χ0n) is 22.9. The fourth-order valence-electron chi connectivity index (χ4n) is 4.67. The summed E-state index contributed by atoms with van der Waals surface area (Å²) in [6.45, 7) is 3.19. The van der Waals surface area contributed by atoms with Gasteiger partial charge in [-0.05, 0) is 55.3 Å². The highest BCUT2D eigenvalue weighted by atomic mass is 32.2. The fourth-order valence-corrected chi connectivity index (χ4v) is 5.30. The molecule has 0 aliphatic rings. The normalized spacial score (nSPS) is 12.1. The summed E-state index contributed by atoms with van der Waals surface area (Å²) in [7, 11) is -3.41. The molecule has 0 spiro atoms. The number of sulfone groups is 1. The Kier molecular flexibility index (Phi) is 8.68. The van der Waals surface area contributed by atoms with E-state index in [1.807, 2.05) is 6.07 Å². The van der Waals surface area contributed by atoms with Crippen molar-refractivity contribution in [2.75, 3.05) is 6.26 Å². The first kappa shape index (κ1) is 30.3. The van der Waals surface area contributed by atoms with Gasteiger partial charge < -0.3 is 9.88 Å². The number of amides is 1. The summed E-state index contributed by atoms with van der Waals surface area (Å²) in [6.07, 6.45) is -0.423. The molecule has 0 saturated carbocycles. The lowest BCUT2D eigenvalue weighted by atomic mass is 9.97. The number of pyridine rings is 1. The van der Waals surface area contributed by atoms with Gasteiger partial charge in [0.15, 0.2) is 9.84 Å². The van der Waals surface area contributed by atoms with Gasteiger partial charge in [-0.15, -0.1) is 0 Å². The molecule has 1 heterocycles. The Morgan fingerprint density at radius 2 is 1.76 bits per heavy atom. The highest BCUT2D eigenvalue weighted by Gasteiger charge is 2.24. The van der Waals surface area contributed by atoms with Gasteiger partial charge in [0.05, 0.1) is 22.6 Å². The van der Waals surface area contributed by atoms with Gasteiger partial charge in [0.25, 0.3) is 12.3 Å². The maximum Gasteiger partial charge on any atom is 0.263 e. The molecule has 0 radical (unpaired) electrons. The maximum absolute atomic E-state index is 15.0. The minimum Gasteiger partial charge on any atom is -0.348 e. The molecule has 0 bridgehead atoms. The first-order valence-electron chi connectivity index (χ1n) is 12.7. The second kappa shape index (κ2) is 12.0. The second-order valence-corrected chi connectivity index (χ2v) is 11.8. The number of aromatic nitrogens is 1. The van der Waals surface area contributed by atoms with Crippen molar-refractivity contribution in [3.05, 3.63) is 122 Å². The lowest BCUT2D eigenvalue weighted by Crippen LogP contribution is -2.31. The van der Waals surface area contributed by atoms with Crippen LogP contribution < -0.4 is 10.7 Å². The quantitative estimate of drug-likeness (QED) is 0.281. The van der Waals surface area contributed by atoms with Gasteiger partial charge in [0, 0.05) is 41.4 Å². The second-order valence-electron chi connectivity index (χ2n) is 9.79. The van der Waals surface area contributed by atoms with Crippen molar-refractivity contribution in [3.63, 3.8) is 0 Å². The van der Waals surface area contributed by atoms with Gasteiger partial charge >= 0.3 is 0 Å². The molecule has 1 unspecified atom stereocenters. The van der Waals surface area contributed by atoms with Gasteiger partial charge in [-0.3, -0.25) is 9.59 Å². The Morgan fingerprint density at radius 3 is 2.36 bits per heavy atom. The number of nitriles is 1. The van der Waals surface area contributed by atoms with E-state index in [2.05, 4.69) is 5.32 Å². The van der Waals surface area contributed by atoms with Crippen LogP contribution >= 0.6 is 0 Å². The van der Waals surface area contributed by atoms with Crippen LogP contribution in [0.1, 0.15) is 57.7 Å². The van der Waals surface area contributed by atoms with E-state index >= 15 is 0 Å². The molecule has 4 aromatic rings. The van der Waals surface area contributed by atoms with Crippen LogP contribution in [0.2, 0.25) is 0 Å². The lowest BCUT2D eigenvalue weighted by Gasteiger charge is -2.23. The Bertz CT molecular complexity index is 1880. The number of carbonyl (C=O) groups excluding carboxylic acids is 1.